The summed E-state index contributed by atoms with van der Waals surface area (Å²) in [6, 6.07) is 17.6. The summed E-state index contributed by atoms with van der Waals surface area (Å²) in [5.74, 6) is 2.88. The molecule has 0 atom stereocenters. The number of para-hydroxylation sites is 3. The molecule has 0 unspecified atom stereocenters. The van der Waals surface area contributed by atoms with Gasteiger partial charge in [-0.3, -0.25) is 0 Å². The van der Waals surface area contributed by atoms with Gasteiger partial charge in [-0.1, -0.05) is 30.3 Å². The van der Waals surface area contributed by atoms with Crippen LogP contribution in [0.2, 0.25) is 0 Å². The number of hydrogen-bond acceptors (Lipinski definition) is 6. The second-order valence-electron chi connectivity index (χ2n) is 5.94. The molecule has 0 radical (unpaired) electrons. The van der Waals surface area contributed by atoms with Gasteiger partial charge in [-0.15, -0.1) is 0 Å². The highest BCUT2D eigenvalue weighted by atomic mass is 16.5. The monoisotopic (exact) mass is 364 g/mol. The molecular weight excluding hydrogens is 340 g/mol. The van der Waals surface area contributed by atoms with Gasteiger partial charge < -0.3 is 20.1 Å². The minimum atomic E-state index is 0.518. The molecular formula is C21H24N4O2. The molecule has 0 bridgehead atoms. The lowest BCUT2D eigenvalue weighted by molar-refractivity contribution is 0.342. The Morgan fingerprint density at radius 1 is 0.963 bits per heavy atom. The third-order valence-corrected chi connectivity index (χ3v) is 3.94. The standard InChI is InChI=1S/C21H24N4O2/c1-4-27-19-12-8-6-10-17(19)24-21-23-15(2)13-20(25-21)22-14-16-9-5-7-11-18(16)26-3/h5-13H,4,14H2,1-3H3,(H2,22,23,24,25). The molecule has 1 aromatic heterocycles. The van der Waals surface area contributed by atoms with E-state index in [0.717, 1.165) is 34.3 Å². The predicted molar refractivity (Wildman–Crippen MR) is 108 cm³/mol. The quantitative estimate of drug-likeness (QED) is 0.611. The van der Waals surface area contributed by atoms with Crippen LogP contribution in [0, 0.1) is 6.92 Å². The van der Waals surface area contributed by atoms with Crippen LogP contribution >= 0.6 is 0 Å². The first-order valence-electron chi connectivity index (χ1n) is 8.90. The summed E-state index contributed by atoms with van der Waals surface area (Å²) >= 11 is 0. The molecule has 0 fully saturated rings. The topological polar surface area (TPSA) is 68.3 Å². The second kappa shape index (κ2) is 8.89. The van der Waals surface area contributed by atoms with Crippen LogP contribution in [0.4, 0.5) is 17.5 Å². The normalized spacial score (nSPS) is 10.3. The zero-order chi connectivity index (χ0) is 19.1. The summed E-state index contributed by atoms with van der Waals surface area (Å²) < 4.78 is 11.1. The average Bonchev–Trinajstić information content (AvgIpc) is 2.68. The van der Waals surface area contributed by atoms with Crippen LogP contribution in [0.3, 0.4) is 0 Å². The van der Waals surface area contributed by atoms with Gasteiger partial charge in [0.2, 0.25) is 5.95 Å². The number of aromatic nitrogens is 2. The van der Waals surface area contributed by atoms with Gasteiger partial charge in [0.05, 0.1) is 19.4 Å². The number of hydrogen-bond donors (Lipinski definition) is 2. The molecule has 0 amide bonds. The minimum Gasteiger partial charge on any atom is -0.496 e. The van der Waals surface area contributed by atoms with E-state index in [1.54, 1.807) is 7.11 Å². The Kier molecular flexibility index (Phi) is 6.10. The summed E-state index contributed by atoms with van der Waals surface area (Å²) in [5, 5.41) is 6.59. The highest BCUT2D eigenvalue weighted by Gasteiger charge is 2.08. The Hall–Kier alpha value is -3.28. The van der Waals surface area contributed by atoms with E-state index in [1.807, 2.05) is 68.4 Å². The number of rotatable bonds is 8. The van der Waals surface area contributed by atoms with Crippen molar-refractivity contribution in [1.82, 2.24) is 9.97 Å². The first kappa shape index (κ1) is 18.5. The molecule has 140 valence electrons. The number of aryl methyl sites for hydroxylation is 1. The van der Waals surface area contributed by atoms with Crippen molar-refractivity contribution in [2.75, 3.05) is 24.4 Å². The summed E-state index contributed by atoms with van der Waals surface area (Å²) in [7, 11) is 1.67. The van der Waals surface area contributed by atoms with Crippen molar-refractivity contribution in [3.63, 3.8) is 0 Å². The summed E-state index contributed by atoms with van der Waals surface area (Å²) in [6.07, 6.45) is 0. The average molecular weight is 364 g/mol. The van der Waals surface area contributed by atoms with Crippen LogP contribution in [0.15, 0.2) is 54.6 Å². The fourth-order valence-corrected chi connectivity index (χ4v) is 2.72. The van der Waals surface area contributed by atoms with Crippen LogP contribution in [-0.4, -0.2) is 23.7 Å². The molecule has 0 saturated heterocycles. The SMILES string of the molecule is CCOc1ccccc1Nc1nc(C)cc(NCc2ccccc2OC)n1. The van der Waals surface area contributed by atoms with Crippen molar-refractivity contribution in [3.05, 3.63) is 65.9 Å². The maximum Gasteiger partial charge on any atom is 0.229 e. The van der Waals surface area contributed by atoms with Crippen molar-refractivity contribution < 1.29 is 9.47 Å². The van der Waals surface area contributed by atoms with E-state index in [1.165, 1.54) is 0 Å². The van der Waals surface area contributed by atoms with Crippen LogP contribution in [-0.2, 0) is 6.54 Å². The smallest absolute Gasteiger partial charge is 0.229 e. The summed E-state index contributed by atoms with van der Waals surface area (Å²) in [5.41, 5.74) is 2.76. The third kappa shape index (κ3) is 4.88. The molecule has 0 saturated carbocycles. The van der Waals surface area contributed by atoms with Crippen molar-refractivity contribution in [2.45, 2.75) is 20.4 Å². The zero-order valence-electron chi connectivity index (χ0n) is 15.8. The zero-order valence-corrected chi connectivity index (χ0v) is 15.8. The lowest BCUT2D eigenvalue weighted by Gasteiger charge is -2.13. The number of ether oxygens (including phenoxy) is 2. The number of nitrogens with zero attached hydrogens (tertiary/aromatic N) is 2. The maximum absolute atomic E-state index is 5.65. The molecule has 0 aliphatic rings. The molecule has 0 aliphatic carbocycles. The van der Waals surface area contributed by atoms with Crippen LogP contribution in [0.1, 0.15) is 18.2 Å². The predicted octanol–water partition coefficient (Wildman–Crippen LogP) is 4.55. The molecule has 6 heteroatoms. The fraction of sp³-hybridized carbons (Fsp3) is 0.238. The number of benzene rings is 2. The molecule has 0 spiro atoms. The highest BCUT2D eigenvalue weighted by molar-refractivity contribution is 5.63. The van der Waals surface area contributed by atoms with Gasteiger partial charge in [0.25, 0.3) is 0 Å². The summed E-state index contributed by atoms with van der Waals surface area (Å²) in [6.45, 7) is 5.10. The van der Waals surface area contributed by atoms with Gasteiger partial charge in [0.1, 0.15) is 17.3 Å². The van der Waals surface area contributed by atoms with Gasteiger partial charge in [-0.25, -0.2) is 4.98 Å². The molecule has 3 rings (SSSR count). The Morgan fingerprint density at radius 3 is 2.48 bits per heavy atom. The van der Waals surface area contributed by atoms with E-state index in [-0.39, 0.29) is 0 Å². The van der Waals surface area contributed by atoms with E-state index in [9.17, 15) is 0 Å². The number of anilines is 3. The lowest BCUT2D eigenvalue weighted by Crippen LogP contribution is -2.07. The van der Waals surface area contributed by atoms with Gasteiger partial charge in [0.15, 0.2) is 0 Å². The molecule has 1 heterocycles. The van der Waals surface area contributed by atoms with Crippen LogP contribution in [0.25, 0.3) is 0 Å². The summed E-state index contributed by atoms with van der Waals surface area (Å²) in [4.78, 5) is 9.05. The molecule has 27 heavy (non-hydrogen) atoms. The Balaban J connectivity index is 1.77. The number of methoxy groups -OCH3 is 1. The molecule has 2 aromatic carbocycles. The third-order valence-electron chi connectivity index (χ3n) is 3.94. The van der Waals surface area contributed by atoms with E-state index in [0.29, 0.717) is 19.1 Å². The van der Waals surface area contributed by atoms with Gasteiger partial charge in [-0.05, 0) is 32.0 Å². The minimum absolute atomic E-state index is 0.518. The van der Waals surface area contributed by atoms with Gasteiger partial charge >= 0.3 is 0 Å². The highest BCUT2D eigenvalue weighted by Crippen LogP contribution is 2.27. The van der Waals surface area contributed by atoms with E-state index in [2.05, 4.69) is 20.6 Å². The first-order valence-corrected chi connectivity index (χ1v) is 8.90. The van der Waals surface area contributed by atoms with Crippen molar-refractivity contribution in [2.24, 2.45) is 0 Å². The van der Waals surface area contributed by atoms with Crippen molar-refractivity contribution in [1.29, 1.82) is 0 Å². The number of nitrogens with one attached hydrogen (secondary N) is 2. The fourth-order valence-electron chi connectivity index (χ4n) is 2.72. The molecule has 3 aromatic rings. The maximum atomic E-state index is 5.65. The van der Waals surface area contributed by atoms with Crippen LogP contribution in [0.5, 0.6) is 11.5 Å². The van der Waals surface area contributed by atoms with E-state index >= 15 is 0 Å². The first-order chi connectivity index (χ1) is 13.2. The van der Waals surface area contributed by atoms with E-state index in [4.69, 9.17) is 9.47 Å². The Labute approximate surface area is 159 Å². The second-order valence-corrected chi connectivity index (χ2v) is 5.94. The van der Waals surface area contributed by atoms with Gasteiger partial charge in [0, 0.05) is 23.9 Å². The molecule has 2 N–H and O–H groups in total. The molecule has 6 nitrogen and oxygen atoms in total. The van der Waals surface area contributed by atoms with Crippen molar-refractivity contribution in [3.8, 4) is 11.5 Å². The van der Waals surface area contributed by atoms with E-state index < -0.39 is 0 Å². The Morgan fingerprint density at radius 2 is 1.70 bits per heavy atom. The largest absolute Gasteiger partial charge is 0.496 e. The van der Waals surface area contributed by atoms with Crippen LogP contribution < -0.4 is 20.1 Å². The molecule has 0 aliphatic heterocycles. The van der Waals surface area contributed by atoms with Crippen molar-refractivity contribution >= 4 is 17.5 Å². The van der Waals surface area contributed by atoms with Gasteiger partial charge in [-0.2, -0.15) is 4.98 Å². The Bertz CT molecular complexity index is 899. The lowest BCUT2D eigenvalue weighted by atomic mass is 10.2.